The molecular weight excluding hydrogens is 392 g/mol. The summed E-state index contributed by atoms with van der Waals surface area (Å²) < 4.78 is 10.3. The molecule has 0 aliphatic carbocycles. The largest absolute Gasteiger partial charge is 0.493 e. The van der Waals surface area contributed by atoms with Gasteiger partial charge in [0.1, 0.15) is 0 Å². The molecule has 0 saturated heterocycles. The number of carbonyl (C=O) groups is 2. The van der Waals surface area contributed by atoms with E-state index in [1.54, 1.807) is 24.3 Å². The SMILES string of the molecule is COc1ccc(C=CC(=O)Nc2cccc(NCc3ccccc3)c2)cc1OC(C)=O. The maximum absolute atomic E-state index is 12.3. The fourth-order valence-corrected chi connectivity index (χ4v) is 2.89. The van der Waals surface area contributed by atoms with Gasteiger partial charge in [0.15, 0.2) is 11.5 Å². The number of carbonyl (C=O) groups excluding carboxylic acids is 2. The third-order valence-electron chi connectivity index (χ3n) is 4.34. The Kier molecular flexibility index (Phi) is 7.43. The number of hydrogen-bond donors (Lipinski definition) is 2. The number of benzene rings is 3. The third-order valence-corrected chi connectivity index (χ3v) is 4.34. The summed E-state index contributed by atoms with van der Waals surface area (Å²) in [6, 6.07) is 22.7. The lowest BCUT2D eigenvalue weighted by Gasteiger charge is -2.09. The van der Waals surface area contributed by atoms with E-state index in [0.29, 0.717) is 29.3 Å². The molecule has 0 fully saturated rings. The standard InChI is InChI=1S/C25H24N2O4/c1-18(28)31-24-15-19(11-13-23(24)30-2)12-14-25(29)27-22-10-6-9-21(16-22)26-17-20-7-4-3-5-8-20/h3-16,26H,17H2,1-2H3,(H,27,29). The first-order valence-corrected chi connectivity index (χ1v) is 9.77. The molecule has 3 aromatic carbocycles. The van der Waals surface area contributed by atoms with Crippen molar-refractivity contribution in [1.82, 2.24) is 0 Å². The summed E-state index contributed by atoms with van der Waals surface area (Å²) in [7, 11) is 1.49. The number of hydrogen-bond acceptors (Lipinski definition) is 5. The molecule has 0 bridgehead atoms. The summed E-state index contributed by atoms with van der Waals surface area (Å²) in [5.41, 5.74) is 3.47. The number of anilines is 2. The van der Waals surface area contributed by atoms with Crippen LogP contribution in [0.2, 0.25) is 0 Å². The molecule has 3 rings (SSSR count). The quantitative estimate of drug-likeness (QED) is 0.311. The number of methoxy groups -OCH3 is 1. The zero-order valence-corrected chi connectivity index (χ0v) is 17.4. The van der Waals surface area contributed by atoms with Crippen molar-refractivity contribution >= 4 is 29.3 Å². The Morgan fingerprint density at radius 2 is 1.68 bits per heavy atom. The minimum Gasteiger partial charge on any atom is -0.493 e. The van der Waals surface area contributed by atoms with Gasteiger partial charge in [-0.1, -0.05) is 42.5 Å². The Bertz CT molecular complexity index is 1080. The second-order valence-corrected chi connectivity index (χ2v) is 6.75. The van der Waals surface area contributed by atoms with Gasteiger partial charge in [-0.3, -0.25) is 9.59 Å². The molecule has 6 nitrogen and oxygen atoms in total. The minimum atomic E-state index is -0.446. The first-order chi connectivity index (χ1) is 15.0. The smallest absolute Gasteiger partial charge is 0.308 e. The number of nitrogens with one attached hydrogen (secondary N) is 2. The zero-order valence-electron chi connectivity index (χ0n) is 17.4. The van der Waals surface area contributed by atoms with Crippen LogP contribution < -0.4 is 20.1 Å². The molecule has 0 radical (unpaired) electrons. The van der Waals surface area contributed by atoms with Gasteiger partial charge < -0.3 is 20.1 Å². The number of amides is 1. The molecule has 0 heterocycles. The highest BCUT2D eigenvalue weighted by molar-refractivity contribution is 6.02. The van der Waals surface area contributed by atoms with Crippen molar-refractivity contribution in [2.45, 2.75) is 13.5 Å². The lowest BCUT2D eigenvalue weighted by Crippen LogP contribution is -2.08. The van der Waals surface area contributed by atoms with Crippen LogP contribution in [-0.2, 0) is 16.1 Å². The molecule has 0 aromatic heterocycles. The molecule has 0 unspecified atom stereocenters. The first-order valence-electron chi connectivity index (χ1n) is 9.77. The summed E-state index contributed by atoms with van der Waals surface area (Å²) in [5, 5.41) is 6.19. The van der Waals surface area contributed by atoms with Crippen LogP contribution in [0.25, 0.3) is 6.08 Å². The molecule has 0 spiro atoms. The second-order valence-electron chi connectivity index (χ2n) is 6.75. The van der Waals surface area contributed by atoms with E-state index in [0.717, 1.165) is 5.69 Å². The molecule has 0 saturated carbocycles. The fourth-order valence-electron chi connectivity index (χ4n) is 2.89. The van der Waals surface area contributed by atoms with E-state index in [-0.39, 0.29) is 5.91 Å². The molecule has 6 heteroatoms. The van der Waals surface area contributed by atoms with Crippen molar-refractivity contribution in [1.29, 1.82) is 0 Å². The number of esters is 1. The van der Waals surface area contributed by atoms with E-state index < -0.39 is 5.97 Å². The summed E-state index contributed by atoms with van der Waals surface area (Å²) >= 11 is 0. The van der Waals surface area contributed by atoms with Crippen molar-refractivity contribution in [2.75, 3.05) is 17.7 Å². The van der Waals surface area contributed by atoms with Crippen molar-refractivity contribution < 1.29 is 19.1 Å². The van der Waals surface area contributed by atoms with E-state index in [4.69, 9.17) is 9.47 Å². The van der Waals surface area contributed by atoms with Crippen LogP contribution in [0.15, 0.2) is 78.9 Å². The third kappa shape index (κ3) is 6.75. The van der Waals surface area contributed by atoms with Crippen LogP contribution in [0.1, 0.15) is 18.1 Å². The van der Waals surface area contributed by atoms with Gasteiger partial charge in [-0.2, -0.15) is 0 Å². The van der Waals surface area contributed by atoms with E-state index in [1.165, 1.54) is 25.7 Å². The van der Waals surface area contributed by atoms with Crippen LogP contribution in [0.4, 0.5) is 11.4 Å². The molecule has 0 aliphatic rings. The molecule has 2 N–H and O–H groups in total. The Balaban J connectivity index is 1.61. The van der Waals surface area contributed by atoms with Gasteiger partial charge in [0.2, 0.25) is 5.91 Å². The highest BCUT2D eigenvalue weighted by atomic mass is 16.6. The summed E-state index contributed by atoms with van der Waals surface area (Å²) in [5.74, 6) is 0.0226. The summed E-state index contributed by atoms with van der Waals surface area (Å²) in [6.07, 6.45) is 3.06. The fraction of sp³-hybridized carbons (Fsp3) is 0.120. The molecule has 1 amide bonds. The van der Waals surface area contributed by atoms with Crippen LogP contribution in [0, 0.1) is 0 Å². The average Bonchev–Trinajstić information content (AvgIpc) is 2.77. The predicted molar refractivity (Wildman–Crippen MR) is 122 cm³/mol. The molecule has 0 atom stereocenters. The maximum atomic E-state index is 12.3. The van der Waals surface area contributed by atoms with E-state index in [2.05, 4.69) is 22.8 Å². The Morgan fingerprint density at radius 3 is 2.42 bits per heavy atom. The lowest BCUT2D eigenvalue weighted by molar-refractivity contribution is -0.132. The van der Waals surface area contributed by atoms with Crippen LogP contribution >= 0.6 is 0 Å². The molecule has 31 heavy (non-hydrogen) atoms. The molecule has 158 valence electrons. The van der Waals surface area contributed by atoms with Gasteiger partial charge in [-0.15, -0.1) is 0 Å². The molecule has 0 aliphatic heterocycles. The first kappa shape index (κ1) is 21.6. The van der Waals surface area contributed by atoms with Gasteiger partial charge in [0.05, 0.1) is 7.11 Å². The second kappa shape index (κ2) is 10.6. The van der Waals surface area contributed by atoms with Gasteiger partial charge in [0.25, 0.3) is 0 Å². The van der Waals surface area contributed by atoms with E-state index >= 15 is 0 Å². The highest BCUT2D eigenvalue weighted by Crippen LogP contribution is 2.28. The topological polar surface area (TPSA) is 76.7 Å². The van der Waals surface area contributed by atoms with Crippen molar-refractivity contribution in [3.05, 3.63) is 90.0 Å². The number of rotatable bonds is 8. The summed E-state index contributed by atoms with van der Waals surface area (Å²) in [4.78, 5) is 23.6. The van der Waals surface area contributed by atoms with Gasteiger partial charge in [-0.05, 0) is 47.5 Å². The minimum absolute atomic E-state index is 0.273. The Morgan fingerprint density at radius 1 is 0.903 bits per heavy atom. The van der Waals surface area contributed by atoms with Crippen molar-refractivity contribution in [2.24, 2.45) is 0 Å². The van der Waals surface area contributed by atoms with Crippen LogP contribution in [0.5, 0.6) is 11.5 Å². The summed E-state index contributed by atoms with van der Waals surface area (Å²) in [6.45, 7) is 2.01. The highest BCUT2D eigenvalue weighted by Gasteiger charge is 2.07. The van der Waals surface area contributed by atoms with Crippen LogP contribution in [0.3, 0.4) is 0 Å². The van der Waals surface area contributed by atoms with Crippen LogP contribution in [-0.4, -0.2) is 19.0 Å². The number of ether oxygens (including phenoxy) is 2. The van der Waals surface area contributed by atoms with Gasteiger partial charge in [-0.25, -0.2) is 0 Å². The average molecular weight is 416 g/mol. The van der Waals surface area contributed by atoms with Gasteiger partial charge in [0, 0.05) is 30.9 Å². The normalized spacial score (nSPS) is 10.5. The van der Waals surface area contributed by atoms with Crippen molar-refractivity contribution in [3.8, 4) is 11.5 Å². The maximum Gasteiger partial charge on any atom is 0.308 e. The molecular formula is C25H24N2O4. The predicted octanol–water partition coefficient (Wildman–Crippen LogP) is 4.88. The Labute approximate surface area is 181 Å². The van der Waals surface area contributed by atoms with Gasteiger partial charge >= 0.3 is 5.97 Å². The zero-order chi connectivity index (χ0) is 22.1. The van der Waals surface area contributed by atoms with E-state index in [9.17, 15) is 9.59 Å². The monoisotopic (exact) mass is 416 g/mol. The Hall–Kier alpha value is -4.06. The van der Waals surface area contributed by atoms with E-state index in [1.807, 2.05) is 42.5 Å². The molecule has 3 aromatic rings. The lowest BCUT2D eigenvalue weighted by atomic mass is 10.2. The van der Waals surface area contributed by atoms with Crippen molar-refractivity contribution in [3.63, 3.8) is 0 Å².